The highest BCUT2D eigenvalue weighted by Crippen LogP contribution is 2.36. The summed E-state index contributed by atoms with van der Waals surface area (Å²) < 4.78 is 15.9. The van der Waals surface area contributed by atoms with Crippen LogP contribution >= 0.6 is 11.3 Å². The van der Waals surface area contributed by atoms with Crippen molar-refractivity contribution in [2.75, 3.05) is 25.6 Å². The SMILES string of the molecule is CCOC(=O)c1c(-c2ccccc2)csc1NC(=O)COc1ccc(C#N)cc1OC. The third kappa shape index (κ3) is 5.21. The van der Waals surface area contributed by atoms with E-state index in [9.17, 15) is 9.59 Å². The average Bonchev–Trinajstić information content (AvgIpc) is 3.21. The first-order valence-electron chi connectivity index (χ1n) is 9.42. The fourth-order valence-electron chi connectivity index (χ4n) is 2.85. The van der Waals surface area contributed by atoms with Crippen molar-refractivity contribution in [3.8, 4) is 28.7 Å². The van der Waals surface area contributed by atoms with Crippen LogP contribution in [0.15, 0.2) is 53.9 Å². The highest BCUT2D eigenvalue weighted by Gasteiger charge is 2.23. The number of anilines is 1. The van der Waals surface area contributed by atoms with Gasteiger partial charge in [0.2, 0.25) is 0 Å². The molecular weight excluding hydrogens is 416 g/mol. The zero-order valence-corrected chi connectivity index (χ0v) is 17.8. The molecule has 8 heteroatoms. The van der Waals surface area contributed by atoms with E-state index in [2.05, 4.69) is 5.32 Å². The maximum Gasteiger partial charge on any atom is 0.341 e. The van der Waals surface area contributed by atoms with Gasteiger partial charge in [0.05, 0.1) is 25.3 Å². The second-order valence-corrected chi connectivity index (χ2v) is 7.13. The summed E-state index contributed by atoms with van der Waals surface area (Å²) in [5.41, 5.74) is 2.26. The molecule has 31 heavy (non-hydrogen) atoms. The number of hydrogen-bond acceptors (Lipinski definition) is 7. The van der Waals surface area contributed by atoms with Crippen molar-refractivity contribution in [1.82, 2.24) is 0 Å². The molecule has 0 aliphatic heterocycles. The number of thiophene rings is 1. The highest BCUT2D eigenvalue weighted by atomic mass is 32.1. The Kier molecular flexibility index (Phi) is 7.25. The largest absolute Gasteiger partial charge is 0.493 e. The summed E-state index contributed by atoms with van der Waals surface area (Å²) in [6.07, 6.45) is 0. The Morgan fingerprint density at radius 3 is 2.58 bits per heavy atom. The summed E-state index contributed by atoms with van der Waals surface area (Å²) in [4.78, 5) is 25.1. The highest BCUT2D eigenvalue weighted by molar-refractivity contribution is 7.15. The molecule has 0 radical (unpaired) electrons. The lowest BCUT2D eigenvalue weighted by molar-refractivity contribution is -0.118. The van der Waals surface area contributed by atoms with Crippen LogP contribution < -0.4 is 14.8 Å². The summed E-state index contributed by atoms with van der Waals surface area (Å²) in [6, 6.07) is 16.1. The zero-order chi connectivity index (χ0) is 22.2. The molecule has 0 saturated carbocycles. The van der Waals surface area contributed by atoms with Crippen LogP contribution in [0.1, 0.15) is 22.8 Å². The van der Waals surface area contributed by atoms with Crippen molar-refractivity contribution in [2.24, 2.45) is 0 Å². The fraction of sp³-hybridized carbons (Fsp3) is 0.174. The van der Waals surface area contributed by atoms with Gasteiger partial charge in [0, 0.05) is 17.0 Å². The van der Waals surface area contributed by atoms with Crippen molar-refractivity contribution in [3.63, 3.8) is 0 Å². The van der Waals surface area contributed by atoms with Crippen molar-refractivity contribution < 1.29 is 23.8 Å². The minimum absolute atomic E-state index is 0.220. The van der Waals surface area contributed by atoms with Crippen molar-refractivity contribution in [1.29, 1.82) is 5.26 Å². The molecule has 3 rings (SSSR count). The second-order valence-electron chi connectivity index (χ2n) is 6.25. The van der Waals surface area contributed by atoms with Gasteiger partial charge in [0.25, 0.3) is 5.91 Å². The van der Waals surface area contributed by atoms with E-state index in [4.69, 9.17) is 19.5 Å². The Bertz CT molecular complexity index is 1120. The Labute approximate surface area is 183 Å². The molecule has 0 aliphatic rings. The first kappa shape index (κ1) is 21.9. The van der Waals surface area contributed by atoms with Crippen molar-refractivity contribution >= 4 is 28.2 Å². The lowest BCUT2D eigenvalue weighted by atomic mass is 10.0. The lowest BCUT2D eigenvalue weighted by Crippen LogP contribution is -2.21. The number of carbonyl (C=O) groups is 2. The van der Waals surface area contributed by atoms with E-state index in [1.54, 1.807) is 19.1 Å². The summed E-state index contributed by atoms with van der Waals surface area (Å²) in [5.74, 6) is -0.272. The van der Waals surface area contributed by atoms with Crippen LogP contribution in [0.25, 0.3) is 11.1 Å². The predicted octanol–water partition coefficient (Wildman–Crippen LogP) is 4.49. The van der Waals surface area contributed by atoms with E-state index >= 15 is 0 Å². The Morgan fingerprint density at radius 1 is 1.13 bits per heavy atom. The first-order chi connectivity index (χ1) is 15.1. The van der Waals surface area contributed by atoms with E-state index in [0.29, 0.717) is 33.2 Å². The summed E-state index contributed by atoms with van der Waals surface area (Å²) in [7, 11) is 1.45. The molecule has 7 nitrogen and oxygen atoms in total. The molecular formula is C23H20N2O5S. The van der Waals surface area contributed by atoms with Gasteiger partial charge >= 0.3 is 5.97 Å². The number of hydrogen-bond donors (Lipinski definition) is 1. The Hall–Kier alpha value is -3.83. The molecule has 1 amide bonds. The topological polar surface area (TPSA) is 97.6 Å². The number of carbonyl (C=O) groups excluding carboxylic acids is 2. The van der Waals surface area contributed by atoms with Gasteiger partial charge in [0.1, 0.15) is 10.6 Å². The molecule has 0 unspecified atom stereocenters. The molecule has 0 atom stereocenters. The Morgan fingerprint density at radius 2 is 1.90 bits per heavy atom. The van der Waals surface area contributed by atoms with Crippen LogP contribution in [0.4, 0.5) is 5.00 Å². The normalized spacial score (nSPS) is 10.1. The summed E-state index contributed by atoms with van der Waals surface area (Å²) in [6.45, 7) is 1.64. The van der Waals surface area contributed by atoms with E-state index < -0.39 is 11.9 Å². The number of ether oxygens (including phenoxy) is 3. The summed E-state index contributed by atoms with van der Waals surface area (Å²) in [5, 5.41) is 13.9. The second kappa shape index (κ2) is 10.3. The summed E-state index contributed by atoms with van der Waals surface area (Å²) >= 11 is 1.24. The number of nitrogens with one attached hydrogen (secondary N) is 1. The molecule has 0 spiro atoms. The molecule has 158 valence electrons. The smallest absolute Gasteiger partial charge is 0.341 e. The standard InChI is InChI=1S/C23H20N2O5S/c1-3-29-23(27)21-17(16-7-5-4-6-8-16)14-31-22(21)25-20(26)13-30-18-10-9-15(12-24)11-19(18)28-2/h4-11,14H,3,13H2,1-2H3,(H,25,26). The van der Waals surface area contributed by atoms with Crippen LogP contribution in [0.5, 0.6) is 11.5 Å². The van der Waals surface area contributed by atoms with E-state index in [0.717, 1.165) is 5.56 Å². The number of benzene rings is 2. The van der Waals surface area contributed by atoms with Gasteiger partial charge in [-0.3, -0.25) is 4.79 Å². The minimum Gasteiger partial charge on any atom is -0.493 e. The van der Waals surface area contributed by atoms with E-state index in [1.807, 2.05) is 41.8 Å². The van der Waals surface area contributed by atoms with Gasteiger partial charge in [-0.1, -0.05) is 30.3 Å². The van der Waals surface area contributed by atoms with Gasteiger partial charge in [-0.2, -0.15) is 5.26 Å². The van der Waals surface area contributed by atoms with Crippen molar-refractivity contribution in [2.45, 2.75) is 6.92 Å². The number of nitrogens with zero attached hydrogens (tertiary/aromatic N) is 1. The quantitative estimate of drug-likeness (QED) is 0.523. The third-order valence-corrected chi connectivity index (χ3v) is 5.16. The maximum atomic E-state index is 12.6. The van der Waals surface area contributed by atoms with Crippen LogP contribution in [-0.4, -0.2) is 32.2 Å². The Balaban J connectivity index is 1.78. The molecule has 1 heterocycles. The van der Waals surface area contributed by atoms with Gasteiger partial charge in [-0.25, -0.2) is 4.79 Å². The molecule has 2 aromatic carbocycles. The van der Waals surface area contributed by atoms with Crippen LogP contribution in [0, 0.1) is 11.3 Å². The van der Waals surface area contributed by atoms with Gasteiger partial charge < -0.3 is 19.5 Å². The van der Waals surface area contributed by atoms with Crippen LogP contribution in [0.3, 0.4) is 0 Å². The van der Waals surface area contributed by atoms with Gasteiger partial charge in [-0.15, -0.1) is 11.3 Å². The van der Waals surface area contributed by atoms with Crippen LogP contribution in [-0.2, 0) is 9.53 Å². The number of amides is 1. The molecule has 1 N–H and O–H groups in total. The molecule has 0 saturated heterocycles. The third-order valence-electron chi connectivity index (χ3n) is 4.26. The number of esters is 1. The molecule has 0 aliphatic carbocycles. The predicted molar refractivity (Wildman–Crippen MR) is 118 cm³/mol. The van der Waals surface area contributed by atoms with Gasteiger partial charge in [-0.05, 0) is 24.6 Å². The first-order valence-corrected chi connectivity index (χ1v) is 10.3. The molecule has 3 aromatic rings. The maximum absolute atomic E-state index is 12.6. The monoisotopic (exact) mass is 436 g/mol. The minimum atomic E-state index is -0.507. The number of nitriles is 1. The number of rotatable bonds is 8. The average molecular weight is 436 g/mol. The molecule has 1 aromatic heterocycles. The lowest BCUT2D eigenvalue weighted by Gasteiger charge is -2.11. The fourth-order valence-corrected chi connectivity index (χ4v) is 3.82. The number of methoxy groups -OCH3 is 1. The molecule has 0 bridgehead atoms. The zero-order valence-electron chi connectivity index (χ0n) is 17.0. The van der Waals surface area contributed by atoms with Crippen LogP contribution in [0.2, 0.25) is 0 Å². The molecule has 0 fully saturated rings. The van der Waals surface area contributed by atoms with E-state index in [1.165, 1.54) is 24.5 Å². The van der Waals surface area contributed by atoms with Crippen molar-refractivity contribution in [3.05, 3.63) is 65.0 Å². The van der Waals surface area contributed by atoms with E-state index in [-0.39, 0.29) is 13.2 Å². The van der Waals surface area contributed by atoms with Gasteiger partial charge in [0.15, 0.2) is 18.1 Å².